The van der Waals surface area contributed by atoms with Crippen LogP contribution in [0, 0.1) is 11.6 Å². The third-order valence-corrected chi connectivity index (χ3v) is 2.57. The number of hydrogen-bond acceptors (Lipinski definition) is 3. The minimum Gasteiger partial charge on any atom is -0.468 e. The van der Waals surface area contributed by atoms with Crippen molar-refractivity contribution in [3.63, 3.8) is 0 Å². The van der Waals surface area contributed by atoms with E-state index in [-0.39, 0.29) is 0 Å². The minimum absolute atomic E-state index is 0.407. The van der Waals surface area contributed by atoms with Gasteiger partial charge in [0.15, 0.2) is 6.61 Å². The first-order chi connectivity index (χ1) is 10.8. The van der Waals surface area contributed by atoms with E-state index in [4.69, 9.17) is 4.74 Å². The van der Waals surface area contributed by atoms with Crippen molar-refractivity contribution in [2.75, 3.05) is 11.9 Å². The van der Waals surface area contributed by atoms with Gasteiger partial charge in [-0.3, -0.25) is 4.79 Å². The zero-order valence-electron chi connectivity index (χ0n) is 11.3. The van der Waals surface area contributed by atoms with Crippen molar-refractivity contribution >= 4 is 11.6 Å². The Morgan fingerprint density at radius 1 is 1.17 bits per heavy atom. The van der Waals surface area contributed by atoms with Crippen molar-refractivity contribution in [2.45, 2.75) is 6.18 Å². The molecular formula is C14H9F5N2O2. The van der Waals surface area contributed by atoms with Crippen molar-refractivity contribution in [2.24, 2.45) is 0 Å². The molecule has 1 amide bonds. The summed E-state index contributed by atoms with van der Waals surface area (Å²) in [5, 5.41) is 2.04. The number of benzene rings is 1. The molecule has 1 aromatic carbocycles. The number of halogens is 5. The molecule has 1 N–H and O–H groups in total. The second-order valence-electron chi connectivity index (χ2n) is 4.32. The lowest BCUT2D eigenvalue weighted by atomic mass is 10.3. The zero-order valence-corrected chi connectivity index (χ0v) is 11.3. The van der Waals surface area contributed by atoms with E-state index >= 15 is 0 Å². The van der Waals surface area contributed by atoms with Gasteiger partial charge in [-0.1, -0.05) is 6.07 Å². The monoisotopic (exact) mass is 332 g/mol. The molecule has 0 aliphatic heterocycles. The quantitative estimate of drug-likeness (QED) is 0.873. The third-order valence-electron chi connectivity index (χ3n) is 2.57. The van der Waals surface area contributed by atoms with Gasteiger partial charge in [-0.25, -0.2) is 13.8 Å². The van der Waals surface area contributed by atoms with Gasteiger partial charge < -0.3 is 10.1 Å². The molecule has 0 saturated heterocycles. The van der Waals surface area contributed by atoms with E-state index in [1.807, 2.05) is 5.32 Å². The Hall–Kier alpha value is -2.71. The molecule has 0 aliphatic carbocycles. The summed E-state index contributed by atoms with van der Waals surface area (Å²) in [7, 11) is 0. The first-order valence-corrected chi connectivity index (χ1v) is 6.17. The number of rotatable bonds is 4. The first-order valence-electron chi connectivity index (χ1n) is 6.17. The van der Waals surface area contributed by atoms with Crippen LogP contribution in [0.2, 0.25) is 0 Å². The van der Waals surface area contributed by atoms with Crippen LogP contribution < -0.4 is 10.1 Å². The van der Waals surface area contributed by atoms with Crippen LogP contribution in [-0.4, -0.2) is 17.5 Å². The first kappa shape index (κ1) is 16.7. The highest BCUT2D eigenvalue weighted by atomic mass is 19.4. The van der Waals surface area contributed by atoms with E-state index in [0.29, 0.717) is 0 Å². The van der Waals surface area contributed by atoms with Gasteiger partial charge in [0, 0.05) is 12.1 Å². The van der Waals surface area contributed by atoms with Crippen LogP contribution in [0.5, 0.6) is 5.88 Å². The highest BCUT2D eigenvalue weighted by molar-refractivity contribution is 5.91. The second kappa shape index (κ2) is 6.59. The minimum atomic E-state index is -4.65. The number of anilines is 1. The molecule has 0 bridgehead atoms. The van der Waals surface area contributed by atoms with E-state index < -0.39 is 47.6 Å². The van der Waals surface area contributed by atoms with E-state index in [9.17, 15) is 26.7 Å². The number of pyridine rings is 1. The summed E-state index contributed by atoms with van der Waals surface area (Å²) in [5.74, 6) is -2.93. The number of amides is 1. The molecular weight excluding hydrogens is 323 g/mol. The normalized spacial score (nSPS) is 11.2. The second-order valence-corrected chi connectivity index (χ2v) is 4.32. The Morgan fingerprint density at radius 2 is 1.91 bits per heavy atom. The average Bonchev–Trinajstić information content (AvgIpc) is 2.48. The number of aromatic nitrogens is 1. The average molecular weight is 332 g/mol. The smallest absolute Gasteiger partial charge is 0.433 e. The molecule has 122 valence electrons. The summed E-state index contributed by atoms with van der Waals surface area (Å²) >= 11 is 0. The van der Waals surface area contributed by atoms with Gasteiger partial charge in [0.25, 0.3) is 5.91 Å². The van der Waals surface area contributed by atoms with E-state index in [1.165, 1.54) is 0 Å². The van der Waals surface area contributed by atoms with Crippen LogP contribution in [0.3, 0.4) is 0 Å². The number of hydrogen-bond donors (Lipinski definition) is 1. The Kier molecular flexibility index (Phi) is 4.77. The summed E-state index contributed by atoms with van der Waals surface area (Å²) in [6.45, 7) is -0.718. The Morgan fingerprint density at radius 3 is 2.61 bits per heavy atom. The molecule has 4 nitrogen and oxygen atoms in total. The molecule has 9 heteroatoms. The maximum atomic E-state index is 13.3. The van der Waals surface area contributed by atoms with E-state index in [0.717, 1.165) is 36.4 Å². The topological polar surface area (TPSA) is 51.2 Å². The van der Waals surface area contributed by atoms with Crippen LogP contribution in [0.25, 0.3) is 0 Å². The highest BCUT2D eigenvalue weighted by Crippen LogP contribution is 2.28. The van der Waals surface area contributed by atoms with Crippen molar-refractivity contribution in [1.29, 1.82) is 0 Å². The van der Waals surface area contributed by atoms with Gasteiger partial charge in [-0.15, -0.1) is 0 Å². The Balaban J connectivity index is 1.98. The van der Waals surface area contributed by atoms with Gasteiger partial charge in [0.05, 0.1) is 5.69 Å². The van der Waals surface area contributed by atoms with Crippen LogP contribution >= 0.6 is 0 Å². The fourth-order valence-electron chi connectivity index (χ4n) is 1.57. The summed E-state index contributed by atoms with van der Waals surface area (Å²) < 4.78 is 68.4. The molecule has 2 rings (SSSR count). The number of nitrogens with one attached hydrogen (secondary N) is 1. The van der Waals surface area contributed by atoms with Gasteiger partial charge in [-0.2, -0.15) is 13.2 Å². The van der Waals surface area contributed by atoms with Gasteiger partial charge in [0.2, 0.25) is 5.88 Å². The molecule has 2 aromatic rings. The maximum Gasteiger partial charge on any atom is 0.433 e. The summed E-state index contributed by atoms with van der Waals surface area (Å²) in [4.78, 5) is 14.7. The van der Waals surface area contributed by atoms with Crippen LogP contribution in [0.1, 0.15) is 5.69 Å². The molecule has 23 heavy (non-hydrogen) atoms. The van der Waals surface area contributed by atoms with Crippen LogP contribution in [0.15, 0.2) is 36.4 Å². The number of carbonyl (C=O) groups is 1. The standard InChI is InChI=1S/C14H9F5N2O2/c15-8-4-5-9(16)10(6-8)20-12(22)7-23-13-3-1-2-11(21-13)14(17,18)19/h1-6H,7H2,(H,20,22). The van der Waals surface area contributed by atoms with Crippen LogP contribution in [-0.2, 0) is 11.0 Å². The Labute approximate surface area is 126 Å². The van der Waals surface area contributed by atoms with Crippen molar-refractivity contribution < 1.29 is 31.5 Å². The third kappa shape index (κ3) is 4.63. The number of carbonyl (C=O) groups excluding carboxylic acids is 1. The van der Waals surface area contributed by atoms with Gasteiger partial charge in [0.1, 0.15) is 17.3 Å². The fourth-order valence-corrected chi connectivity index (χ4v) is 1.57. The lowest BCUT2D eigenvalue weighted by Gasteiger charge is -2.10. The van der Waals surface area contributed by atoms with Crippen molar-refractivity contribution in [3.05, 3.63) is 53.7 Å². The van der Waals surface area contributed by atoms with E-state index in [1.54, 1.807) is 0 Å². The highest BCUT2D eigenvalue weighted by Gasteiger charge is 2.32. The molecule has 0 fully saturated rings. The summed E-state index contributed by atoms with van der Waals surface area (Å²) in [5.41, 5.74) is -1.58. The molecule has 1 heterocycles. The summed E-state index contributed by atoms with van der Waals surface area (Å²) in [6.07, 6.45) is -4.65. The van der Waals surface area contributed by atoms with Gasteiger partial charge in [-0.05, 0) is 18.2 Å². The zero-order chi connectivity index (χ0) is 17.0. The molecule has 0 unspecified atom stereocenters. The molecule has 1 aromatic heterocycles. The largest absolute Gasteiger partial charge is 0.468 e. The number of alkyl halides is 3. The van der Waals surface area contributed by atoms with Crippen molar-refractivity contribution in [1.82, 2.24) is 4.98 Å². The molecule has 0 saturated carbocycles. The lowest BCUT2D eigenvalue weighted by molar-refractivity contribution is -0.141. The summed E-state index contributed by atoms with van der Waals surface area (Å²) in [6, 6.07) is 5.39. The molecule has 0 atom stereocenters. The predicted octanol–water partition coefficient (Wildman–Crippen LogP) is 3.40. The lowest BCUT2D eigenvalue weighted by Crippen LogP contribution is -2.21. The fraction of sp³-hybridized carbons (Fsp3) is 0.143. The Bertz CT molecular complexity index is 719. The predicted molar refractivity (Wildman–Crippen MR) is 69.7 cm³/mol. The SMILES string of the molecule is O=C(COc1cccc(C(F)(F)F)n1)Nc1cc(F)ccc1F. The maximum absolute atomic E-state index is 13.3. The molecule has 0 aliphatic rings. The molecule has 0 radical (unpaired) electrons. The van der Waals surface area contributed by atoms with Crippen molar-refractivity contribution in [3.8, 4) is 5.88 Å². The molecule has 0 spiro atoms. The van der Waals surface area contributed by atoms with E-state index in [2.05, 4.69) is 4.98 Å². The van der Waals surface area contributed by atoms with Gasteiger partial charge >= 0.3 is 6.18 Å². The number of ether oxygens (including phenoxy) is 1. The van der Waals surface area contributed by atoms with Crippen LogP contribution in [0.4, 0.5) is 27.6 Å². The number of nitrogens with zero attached hydrogens (tertiary/aromatic N) is 1.